The molecule has 0 saturated carbocycles. The molecule has 0 aliphatic carbocycles. The summed E-state index contributed by atoms with van der Waals surface area (Å²) in [6.07, 6.45) is 0. The minimum atomic E-state index is 0. The molecular formula is C14H11BrOW. The van der Waals surface area contributed by atoms with Crippen molar-refractivity contribution in [2.45, 2.75) is 6.92 Å². The van der Waals surface area contributed by atoms with E-state index in [1.165, 1.54) is 0 Å². The fourth-order valence-corrected chi connectivity index (χ4v) is 1.38. The number of benzene rings is 2. The Balaban J connectivity index is 0.000000316. The van der Waals surface area contributed by atoms with Crippen molar-refractivity contribution in [3.8, 4) is 0 Å². The van der Waals surface area contributed by atoms with Crippen LogP contribution in [-0.4, -0.2) is 5.78 Å². The molecule has 0 aromatic heterocycles. The van der Waals surface area contributed by atoms with E-state index in [2.05, 4.69) is 28.1 Å². The minimum absolute atomic E-state index is 0. The van der Waals surface area contributed by atoms with Gasteiger partial charge in [-0.05, 0) is 6.92 Å². The zero-order valence-corrected chi connectivity index (χ0v) is 13.8. The van der Waals surface area contributed by atoms with Gasteiger partial charge in [-0.3, -0.25) is 4.79 Å². The summed E-state index contributed by atoms with van der Waals surface area (Å²) in [7, 11) is 0. The van der Waals surface area contributed by atoms with Gasteiger partial charge in [0.1, 0.15) is 5.78 Å². The van der Waals surface area contributed by atoms with Gasteiger partial charge in [0, 0.05) is 0 Å². The zero-order valence-electron chi connectivity index (χ0n) is 9.31. The molecular weight excluding hydrogens is 448 g/mol. The summed E-state index contributed by atoms with van der Waals surface area (Å²) in [4.78, 5) is 10.8. The van der Waals surface area contributed by atoms with E-state index >= 15 is 0 Å². The van der Waals surface area contributed by atoms with Gasteiger partial charge >= 0.3 is 21.1 Å². The molecule has 0 spiro atoms. The van der Waals surface area contributed by atoms with Crippen LogP contribution >= 0.6 is 15.9 Å². The molecule has 2 aromatic rings. The average molecular weight is 459 g/mol. The zero-order chi connectivity index (χ0) is 11.8. The van der Waals surface area contributed by atoms with E-state index in [0.29, 0.717) is 5.56 Å². The number of rotatable bonds is 1. The van der Waals surface area contributed by atoms with Crippen LogP contribution in [0, 0.1) is 12.1 Å². The van der Waals surface area contributed by atoms with Crippen LogP contribution in [0.3, 0.4) is 0 Å². The van der Waals surface area contributed by atoms with E-state index in [4.69, 9.17) is 0 Å². The molecule has 17 heavy (non-hydrogen) atoms. The summed E-state index contributed by atoms with van der Waals surface area (Å²) >= 11 is 3.22. The Labute approximate surface area is 125 Å². The first kappa shape index (κ1) is 16.3. The topological polar surface area (TPSA) is 17.1 Å². The van der Waals surface area contributed by atoms with Crippen molar-refractivity contribution < 1.29 is 25.9 Å². The number of carbonyl (C=O) groups is 1. The Bertz CT molecular complexity index is 416. The van der Waals surface area contributed by atoms with Gasteiger partial charge in [0.2, 0.25) is 0 Å². The van der Waals surface area contributed by atoms with Gasteiger partial charge in [-0.2, -0.15) is 54.6 Å². The minimum Gasteiger partial charge on any atom is -0.297 e. The number of halogens is 1. The number of Topliss-reactive ketones (excluding diaryl/α,β-unsaturated/α-hetero) is 1. The van der Waals surface area contributed by atoms with Crippen LogP contribution in [-0.2, 0) is 21.1 Å². The summed E-state index contributed by atoms with van der Waals surface area (Å²) in [6.45, 7) is 1.54. The van der Waals surface area contributed by atoms with Gasteiger partial charge < -0.3 is 0 Å². The van der Waals surface area contributed by atoms with Gasteiger partial charge in [0.15, 0.2) is 0 Å². The van der Waals surface area contributed by atoms with Crippen molar-refractivity contribution in [3.05, 3.63) is 70.7 Å². The van der Waals surface area contributed by atoms with E-state index in [0.717, 1.165) is 4.47 Å². The quantitative estimate of drug-likeness (QED) is 0.467. The summed E-state index contributed by atoms with van der Waals surface area (Å²) in [5.74, 6) is 0.0784. The summed E-state index contributed by atoms with van der Waals surface area (Å²) in [5, 5.41) is 0. The van der Waals surface area contributed by atoms with Gasteiger partial charge in [0.25, 0.3) is 0 Å². The van der Waals surface area contributed by atoms with Crippen LogP contribution in [0.5, 0.6) is 0 Å². The smallest absolute Gasteiger partial charge is 0.297 e. The third kappa shape index (κ3) is 7.25. The maximum absolute atomic E-state index is 10.8. The molecule has 0 N–H and O–H groups in total. The van der Waals surface area contributed by atoms with E-state index in [1.807, 2.05) is 30.3 Å². The van der Waals surface area contributed by atoms with Crippen molar-refractivity contribution in [2.24, 2.45) is 0 Å². The normalized spacial score (nSPS) is 8.35. The molecule has 0 radical (unpaired) electrons. The monoisotopic (exact) mass is 458 g/mol. The fourth-order valence-electron chi connectivity index (χ4n) is 0.998. The molecule has 0 unspecified atom stereocenters. The molecule has 0 bridgehead atoms. The van der Waals surface area contributed by atoms with Crippen molar-refractivity contribution in [1.82, 2.24) is 0 Å². The predicted molar refractivity (Wildman–Crippen MR) is 68.3 cm³/mol. The molecule has 86 valence electrons. The van der Waals surface area contributed by atoms with E-state index in [1.54, 1.807) is 25.1 Å². The van der Waals surface area contributed by atoms with E-state index in [-0.39, 0.29) is 26.8 Å². The van der Waals surface area contributed by atoms with Crippen LogP contribution in [0.25, 0.3) is 0 Å². The Kier molecular flexibility index (Phi) is 8.93. The third-order valence-corrected chi connectivity index (χ3v) is 2.24. The number of carbonyl (C=O) groups excluding carboxylic acids is 1. The first-order valence-corrected chi connectivity index (χ1v) is 5.58. The summed E-state index contributed by atoms with van der Waals surface area (Å²) in [6, 6.07) is 20.6. The third-order valence-electron chi connectivity index (χ3n) is 1.78. The van der Waals surface area contributed by atoms with Gasteiger partial charge in [-0.1, -0.05) is 26.0 Å². The summed E-state index contributed by atoms with van der Waals surface area (Å²) in [5.41, 5.74) is 0.714. The van der Waals surface area contributed by atoms with Crippen LogP contribution in [0.15, 0.2) is 53.0 Å². The maximum atomic E-state index is 10.8. The van der Waals surface area contributed by atoms with Crippen LogP contribution in [0.4, 0.5) is 0 Å². The first-order valence-electron chi connectivity index (χ1n) is 4.79. The van der Waals surface area contributed by atoms with Crippen molar-refractivity contribution >= 4 is 21.7 Å². The molecule has 2 rings (SSSR count). The van der Waals surface area contributed by atoms with Gasteiger partial charge in [-0.25, -0.2) is 0 Å². The molecule has 2 aromatic carbocycles. The Morgan fingerprint density at radius 3 is 2.12 bits per heavy atom. The van der Waals surface area contributed by atoms with Crippen LogP contribution in [0.1, 0.15) is 17.3 Å². The molecule has 0 atom stereocenters. The SMILES string of the molecule is CC(=O)c1cc[c-]c(Br)c1.[W+2].[c-]1ccccc1. The van der Waals surface area contributed by atoms with Crippen molar-refractivity contribution in [3.63, 3.8) is 0 Å². The van der Waals surface area contributed by atoms with Gasteiger partial charge in [0.05, 0.1) is 0 Å². The molecule has 1 nitrogen and oxygen atoms in total. The molecule has 0 aliphatic heterocycles. The second-order valence-corrected chi connectivity index (χ2v) is 3.91. The molecule has 0 aliphatic rings. The maximum Gasteiger partial charge on any atom is 2.00 e. The fraction of sp³-hybridized carbons (Fsp3) is 0.0714. The number of hydrogen-bond acceptors (Lipinski definition) is 1. The summed E-state index contributed by atoms with van der Waals surface area (Å²) < 4.78 is 0.820. The average Bonchev–Trinajstić information content (AvgIpc) is 2.32. The standard InChI is InChI=1S/C8H6BrO.C6H5.W/c1-6(10)7-3-2-4-8(9)5-7;1-2-4-6-5-3-1;/h2-3,5H,1H3;1-5H;/q2*-1;+2. The van der Waals surface area contributed by atoms with Crippen molar-refractivity contribution in [2.75, 3.05) is 0 Å². The van der Waals surface area contributed by atoms with Crippen LogP contribution in [0.2, 0.25) is 0 Å². The molecule has 0 fully saturated rings. The molecule has 3 heteroatoms. The number of hydrogen-bond donors (Lipinski definition) is 0. The Morgan fingerprint density at radius 1 is 1.18 bits per heavy atom. The molecule has 0 saturated heterocycles. The molecule has 0 amide bonds. The van der Waals surface area contributed by atoms with Crippen LogP contribution < -0.4 is 0 Å². The number of ketones is 1. The second-order valence-electron chi connectivity index (χ2n) is 3.06. The Morgan fingerprint density at radius 2 is 1.82 bits per heavy atom. The predicted octanol–water partition coefficient (Wildman–Crippen LogP) is 3.94. The molecule has 0 heterocycles. The largest absolute Gasteiger partial charge is 2.00 e. The van der Waals surface area contributed by atoms with Gasteiger partial charge in [-0.15, -0.1) is 6.07 Å². The first-order chi connectivity index (χ1) is 7.70. The van der Waals surface area contributed by atoms with E-state index in [9.17, 15) is 4.79 Å². The van der Waals surface area contributed by atoms with Crippen molar-refractivity contribution in [1.29, 1.82) is 0 Å². The Hall–Kier alpha value is -0.722. The second kappa shape index (κ2) is 9.32. The van der Waals surface area contributed by atoms with E-state index < -0.39 is 0 Å².